The van der Waals surface area contributed by atoms with Gasteiger partial charge >= 0.3 is 0 Å². The topological polar surface area (TPSA) is 52.0 Å². The van der Waals surface area contributed by atoms with E-state index in [0.29, 0.717) is 12.1 Å². The average Bonchev–Trinajstić information content (AvgIpc) is 2.79. The number of aromatic nitrogens is 3. The third-order valence-electron chi connectivity index (χ3n) is 4.37. The third kappa shape index (κ3) is 2.54. The molecule has 0 spiro atoms. The number of rotatable bonds is 5. The lowest BCUT2D eigenvalue weighted by Gasteiger charge is -2.35. The SMILES string of the molecule is CCOC1CC(Cc2nnc3n2CCNC3CC)C1. The predicted molar refractivity (Wildman–Crippen MR) is 72.9 cm³/mol. The van der Waals surface area contributed by atoms with E-state index < -0.39 is 0 Å². The Labute approximate surface area is 114 Å². The highest BCUT2D eigenvalue weighted by Gasteiger charge is 2.32. The van der Waals surface area contributed by atoms with Crippen LogP contribution in [-0.2, 0) is 17.7 Å². The fraction of sp³-hybridized carbons (Fsp3) is 0.857. The van der Waals surface area contributed by atoms with E-state index in [1.807, 2.05) is 0 Å². The lowest BCUT2D eigenvalue weighted by atomic mass is 9.80. The Balaban J connectivity index is 1.62. The summed E-state index contributed by atoms with van der Waals surface area (Å²) in [7, 11) is 0. The molecule has 1 atom stereocenters. The van der Waals surface area contributed by atoms with Crippen molar-refractivity contribution in [3.8, 4) is 0 Å². The second kappa shape index (κ2) is 5.59. The molecule has 1 unspecified atom stereocenters. The highest BCUT2D eigenvalue weighted by Crippen LogP contribution is 2.33. The molecule has 0 radical (unpaired) electrons. The molecule has 2 aliphatic rings. The Morgan fingerprint density at radius 1 is 1.32 bits per heavy atom. The molecule has 106 valence electrons. The molecule has 2 heterocycles. The van der Waals surface area contributed by atoms with Gasteiger partial charge in [-0.2, -0.15) is 0 Å². The average molecular weight is 264 g/mol. The maximum atomic E-state index is 5.62. The van der Waals surface area contributed by atoms with Crippen molar-refractivity contribution in [2.75, 3.05) is 13.2 Å². The second-order valence-electron chi connectivity index (χ2n) is 5.66. The highest BCUT2D eigenvalue weighted by atomic mass is 16.5. The van der Waals surface area contributed by atoms with Gasteiger partial charge in [0, 0.05) is 26.1 Å². The first-order valence-corrected chi connectivity index (χ1v) is 7.58. The van der Waals surface area contributed by atoms with Crippen molar-refractivity contribution in [3.63, 3.8) is 0 Å². The molecule has 1 fully saturated rings. The van der Waals surface area contributed by atoms with Gasteiger partial charge in [0.2, 0.25) is 0 Å². The van der Waals surface area contributed by atoms with Gasteiger partial charge in [0.15, 0.2) is 0 Å². The van der Waals surface area contributed by atoms with Gasteiger partial charge in [-0.1, -0.05) is 6.92 Å². The zero-order chi connectivity index (χ0) is 13.2. The molecule has 1 aromatic rings. The van der Waals surface area contributed by atoms with Crippen LogP contribution in [0.3, 0.4) is 0 Å². The van der Waals surface area contributed by atoms with E-state index in [1.54, 1.807) is 0 Å². The number of ether oxygens (including phenoxy) is 1. The zero-order valence-corrected chi connectivity index (χ0v) is 11.9. The highest BCUT2D eigenvalue weighted by molar-refractivity contribution is 5.05. The number of hydrogen-bond acceptors (Lipinski definition) is 4. The number of nitrogens with zero attached hydrogens (tertiary/aromatic N) is 3. The summed E-state index contributed by atoms with van der Waals surface area (Å²) in [6.45, 7) is 7.14. The molecule has 1 aromatic heterocycles. The van der Waals surface area contributed by atoms with Crippen molar-refractivity contribution in [1.82, 2.24) is 20.1 Å². The van der Waals surface area contributed by atoms with Gasteiger partial charge in [-0.3, -0.25) is 0 Å². The van der Waals surface area contributed by atoms with Crippen LogP contribution in [0.5, 0.6) is 0 Å². The summed E-state index contributed by atoms with van der Waals surface area (Å²) < 4.78 is 7.95. The second-order valence-corrected chi connectivity index (χ2v) is 5.66. The van der Waals surface area contributed by atoms with Gasteiger partial charge in [-0.25, -0.2) is 0 Å². The Bertz CT molecular complexity index is 425. The molecule has 0 saturated heterocycles. The van der Waals surface area contributed by atoms with E-state index in [9.17, 15) is 0 Å². The molecule has 0 bridgehead atoms. The predicted octanol–water partition coefficient (Wildman–Crippen LogP) is 1.69. The Morgan fingerprint density at radius 2 is 2.16 bits per heavy atom. The van der Waals surface area contributed by atoms with Crippen molar-refractivity contribution in [2.45, 2.75) is 58.2 Å². The van der Waals surface area contributed by atoms with E-state index >= 15 is 0 Å². The zero-order valence-electron chi connectivity index (χ0n) is 11.9. The van der Waals surface area contributed by atoms with Crippen molar-refractivity contribution >= 4 is 0 Å². The Kier molecular flexibility index (Phi) is 3.84. The molecule has 19 heavy (non-hydrogen) atoms. The van der Waals surface area contributed by atoms with Crippen LogP contribution < -0.4 is 5.32 Å². The maximum Gasteiger partial charge on any atom is 0.150 e. The van der Waals surface area contributed by atoms with Crippen LogP contribution in [0.15, 0.2) is 0 Å². The first kappa shape index (κ1) is 13.1. The quantitative estimate of drug-likeness (QED) is 0.879. The van der Waals surface area contributed by atoms with Crippen LogP contribution in [0, 0.1) is 5.92 Å². The Morgan fingerprint density at radius 3 is 2.89 bits per heavy atom. The van der Waals surface area contributed by atoms with Crippen molar-refractivity contribution in [2.24, 2.45) is 5.92 Å². The van der Waals surface area contributed by atoms with Crippen LogP contribution in [0.25, 0.3) is 0 Å². The van der Waals surface area contributed by atoms with Crippen LogP contribution in [0.4, 0.5) is 0 Å². The summed E-state index contributed by atoms with van der Waals surface area (Å²) in [5, 5.41) is 12.3. The molecule has 3 rings (SSSR count). The summed E-state index contributed by atoms with van der Waals surface area (Å²) in [5.74, 6) is 3.04. The molecule has 0 amide bonds. The molecule has 0 aromatic carbocycles. The molecule has 1 N–H and O–H groups in total. The van der Waals surface area contributed by atoms with E-state index in [2.05, 4.69) is 33.9 Å². The summed E-state index contributed by atoms with van der Waals surface area (Å²) in [6.07, 6.45) is 5.00. The van der Waals surface area contributed by atoms with E-state index in [1.165, 1.54) is 18.7 Å². The normalized spacial score (nSPS) is 29.9. The number of hydrogen-bond donors (Lipinski definition) is 1. The first-order chi connectivity index (χ1) is 9.31. The third-order valence-corrected chi connectivity index (χ3v) is 4.37. The molecule has 1 saturated carbocycles. The first-order valence-electron chi connectivity index (χ1n) is 7.58. The lowest BCUT2D eigenvalue weighted by Crippen LogP contribution is -2.36. The fourth-order valence-electron chi connectivity index (χ4n) is 3.24. The van der Waals surface area contributed by atoms with Gasteiger partial charge in [-0.05, 0) is 32.1 Å². The Hall–Kier alpha value is -0.940. The summed E-state index contributed by atoms with van der Waals surface area (Å²) in [5.41, 5.74) is 0. The van der Waals surface area contributed by atoms with Gasteiger partial charge in [0.05, 0.1) is 12.1 Å². The largest absolute Gasteiger partial charge is 0.378 e. The summed E-state index contributed by atoms with van der Waals surface area (Å²) >= 11 is 0. The molecular weight excluding hydrogens is 240 g/mol. The van der Waals surface area contributed by atoms with Crippen molar-refractivity contribution in [3.05, 3.63) is 11.6 Å². The summed E-state index contributed by atoms with van der Waals surface area (Å²) in [6, 6.07) is 0.382. The molecule has 5 nitrogen and oxygen atoms in total. The van der Waals surface area contributed by atoms with Gasteiger partial charge in [0.1, 0.15) is 11.6 Å². The van der Waals surface area contributed by atoms with Crippen LogP contribution in [0.1, 0.15) is 50.8 Å². The van der Waals surface area contributed by atoms with E-state index in [-0.39, 0.29) is 0 Å². The molecule has 5 heteroatoms. The molecule has 1 aliphatic heterocycles. The molecular formula is C14H24N4O. The minimum atomic E-state index is 0.382. The minimum Gasteiger partial charge on any atom is -0.378 e. The van der Waals surface area contributed by atoms with E-state index in [4.69, 9.17) is 4.74 Å². The monoisotopic (exact) mass is 264 g/mol. The molecule has 1 aliphatic carbocycles. The smallest absolute Gasteiger partial charge is 0.150 e. The van der Waals surface area contributed by atoms with Crippen LogP contribution >= 0.6 is 0 Å². The van der Waals surface area contributed by atoms with Gasteiger partial charge < -0.3 is 14.6 Å². The van der Waals surface area contributed by atoms with E-state index in [0.717, 1.165) is 44.3 Å². The maximum absolute atomic E-state index is 5.62. The minimum absolute atomic E-state index is 0.382. The fourth-order valence-corrected chi connectivity index (χ4v) is 3.24. The van der Waals surface area contributed by atoms with Crippen molar-refractivity contribution in [1.29, 1.82) is 0 Å². The van der Waals surface area contributed by atoms with Crippen molar-refractivity contribution < 1.29 is 4.74 Å². The number of nitrogens with one attached hydrogen (secondary N) is 1. The van der Waals surface area contributed by atoms with Gasteiger partial charge in [0.25, 0.3) is 0 Å². The number of fused-ring (bicyclic) bond motifs is 1. The van der Waals surface area contributed by atoms with Gasteiger partial charge in [-0.15, -0.1) is 10.2 Å². The van der Waals surface area contributed by atoms with Crippen LogP contribution in [0.2, 0.25) is 0 Å². The van der Waals surface area contributed by atoms with Crippen LogP contribution in [-0.4, -0.2) is 34.0 Å². The standard InChI is InChI=1S/C14H24N4O/c1-3-12-14-17-16-13(18(14)6-5-15-12)9-10-7-11(8-10)19-4-2/h10-12,15H,3-9H2,1-2H3. The summed E-state index contributed by atoms with van der Waals surface area (Å²) in [4.78, 5) is 0. The lowest BCUT2D eigenvalue weighted by molar-refractivity contribution is -0.0247.